The first-order chi connectivity index (χ1) is 12.7. The molecule has 127 valence electrons. The van der Waals surface area contributed by atoms with Crippen LogP contribution in [0.2, 0.25) is 13.1 Å². The SMILES string of the molecule is C[SiH](C)[Ti]([c]1cccc2c1Cc1ccccc1-2)[CH]1C=Cc2ccccc21. The Hall–Kier alpha value is -1.67. The molecular weight excluding hydrogens is 364 g/mol. The monoisotopic (exact) mass is 387 g/mol. The van der Waals surface area contributed by atoms with Crippen LogP contribution in [0.3, 0.4) is 0 Å². The van der Waals surface area contributed by atoms with Gasteiger partial charge in [-0.1, -0.05) is 0 Å². The molecule has 2 aliphatic rings. The van der Waals surface area contributed by atoms with Crippen LogP contribution in [0.1, 0.15) is 26.5 Å². The van der Waals surface area contributed by atoms with Gasteiger partial charge >= 0.3 is 164 Å². The van der Waals surface area contributed by atoms with Gasteiger partial charge < -0.3 is 0 Å². The van der Waals surface area contributed by atoms with Crippen molar-refractivity contribution in [2.45, 2.75) is 23.7 Å². The third-order valence-corrected chi connectivity index (χ3v) is 19.3. The van der Waals surface area contributed by atoms with Gasteiger partial charge in [-0.3, -0.25) is 0 Å². The summed E-state index contributed by atoms with van der Waals surface area (Å²) in [6.45, 7) is 4.44. The molecule has 0 saturated heterocycles. The number of benzene rings is 3. The minimum absolute atomic E-state index is 0.702. The molecule has 26 heavy (non-hydrogen) atoms. The van der Waals surface area contributed by atoms with Crippen LogP contribution in [0.15, 0.2) is 72.8 Å². The molecule has 1 atom stereocenters. The molecule has 0 N–H and O–H groups in total. The summed E-state index contributed by atoms with van der Waals surface area (Å²) in [5.74, 6) is 0. The molecule has 3 aromatic rings. The van der Waals surface area contributed by atoms with Crippen LogP contribution >= 0.6 is 0 Å². The van der Waals surface area contributed by atoms with Gasteiger partial charge in [0.2, 0.25) is 0 Å². The van der Waals surface area contributed by atoms with Crippen molar-refractivity contribution in [3.8, 4) is 11.1 Å². The van der Waals surface area contributed by atoms with Crippen LogP contribution in [0.25, 0.3) is 17.2 Å². The second kappa shape index (κ2) is 6.49. The molecular formula is C24H23SiTi. The van der Waals surface area contributed by atoms with Crippen LogP contribution in [0.4, 0.5) is 0 Å². The Morgan fingerprint density at radius 2 is 1.62 bits per heavy atom. The third-order valence-electron chi connectivity index (χ3n) is 5.92. The van der Waals surface area contributed by atoms with E-state index in [4.69, 9.17) is 0 Å². The second-order valence-electron chi connectivity index (χ2n) is 7.74. The number of fused-ring (bicyclic) bond motifs is 4. The van der Waals surface area contributed by atoms with Gasteiger partial charge in [0.05, 0.1) is 0 Å². The average Bonchev–Trinajstić information content (AvgIpc) is 3.24. The molecule has 2 heteroatoms. The fourth-order valence-electron chi connectivity index (χ4n) is 4.79. The fraction of sp³-hybridized carbons (Fsp3) is 0.167. The first-order valence-electron chi connectivity index (χ1n) is 9.58. The third kappa shape index (κ3) is 2.53. The summed E-state index contributed by atoms with van der Waals surface area (Å²) in [6.07, 6.45) is 6.05. The van der Waals surface area contributed by atoms with Crippen molar-refractivity contribution in [3.63, 3.8) is 0 Å². The van der Waals surface area contributed by atoms with E-state index in [9.17, 15) is 0 Å². The molecule has 0 heterocycles. The standard InChI is InChI=1S/C13H9.C9H7.C2H7Si.Ti/c1-3-7-12-10(5-1)9-11-6-2-4-8-13(11)12;1-2-5-9-7-3-6-8(9)4-1;1-3-2;/h1-5,7-8H,9H2;1-7H;3H,1-2H3;. The minimum atomic E-state index is -1.43. The summed E-state index contributed by atoms with van der Waals surface area (Å²) in [6, 6.07) is 25.2. The van der Waals surface area contributed by atoms with Gasteiger partial charge in [0, 0.05) is 0 Å². The summed E-state index contributed by atoms with van der Waals surface area (Å²) in [5, 5.41) is 0. The molecule has 5 rings (SSSR count). The van der Waals surface area contributed by atoms with Crippen molar-refractivity contribution in [3.05, 3.63) is 95.1 Å². The molecule has 0 aromatic heterocycles. The van der Waals surface area contributed by atoms with Gasteiger partial charge in [-0.25, -0.2) is 0 Å². The van der Waals surface area contributed by atoms with Crippen LogP contribution in [0.5, 0.6) is 0 Å². The molecule has 0 bridgehead atoms. The van der Waals surface area contributed by atoms with Gasteiger partial charge in [0.15, 0.2) is 0 Å². The summed E-state index contributed by atoms with van der Waals surface area (Å²) in [7, 11) is 0. The van der Waals surface area contributed by atoms with E-state index >= 15 is 0 Å². The zero-order chi connectivity index (χ0) is 17.7. The molecule has 0 nitrogen and oxygen atoms in total. The Bertz CT molecular complexity index is 1020. The fourth-order valence-corrected chi connectivity index (χ4v) is 18.0. The number of hydrogen-bond donors (Lipinski definition) is 0. The van der Waals surface area contributed by atoms with Gasteiger partial charge in [-0.05, 0) is 0 Å². The Labute approximate surface area is 163 Å². The molecule has 0 amide bonds. The molecule has 0 radical (unpaired) electrons. The van der Waals surface area contributed by atoms with E-state index in [0.29, 0.717) is 4.22 Å². The van der Waals surface area contributed by atoms with E-state index in [1.165, 1.54) is 22.3 Å². The van der Waals surface area contributed by atoms with Crippen molar-refractivity contribution in [2.75, 3.05) is 0 Å². The number of rotatable bonds is 3. The Morgan fingerprint density at radius 3 is 2.50 bits per heavy atom. The zero-order valence-corrected chi connectivity index (χ0v) is 18.1. The van der Waals surface area contributed by atoms with Gasteiger partial charge in [-0.2, -0.15) is 0 Å². The molecule has 0 spiro atoms. The van der Waals surface area contributed by atoms with Gasteiger partial charge in [-0.15, -0.1) is 0 Å². The van der Waals surface area contributed by atoms with Crippen LogP contribution in [-0.4, -0.2) is 6.66 Å². The summed E-state index contributed by atoms with van der Waals surface area (Å²) in [4.78, 5) is 0. The Kier molecular flexibility index (Phi) is 4.12. The van der Waals surface area contributed by atoms with Gasteiger partial charge in [0.25, 0.3) is 0 Å². The van der Waals surface area contributed by atoms with E-state index in [0.717, 1.165) is 6.42 Å². The van der Waals surface area contributed by atoms with Crippen molar-refractivity contribution >= 4 is 16.6 Å². The summed E-state index contributed by atoms with van der Waals surface area (Å²) in [5.41, 5.74) is 9.19. The van der Waals surface area contributed by atoms with Crippen LogP contribution in [-0.2, 0) is 23.5 Å². The normalized spacial score (nSPS) is 16.5. The molecule has 3 aromatic carbocycles. The van der Waals surface area contributed by atoms with E-state index < -0.39 is 23.8 Å². The van der Waals surface area contributed by atoms with Gasteiger partial charge in [0.1, 0.15) is 0 Å². The summed E-state index contributed by atoms with van der Waals surface area (Å²) < 4.78 is 2.47. The van der Waals surface area contributed by atoms with Crippen molar-refractivity contribution in [2.24, 2.45) is 0 Å². The average molecular weight is 387 g/mol. The predicted octanol–water partition coefficient (Wildman–Crippen LogP) is 5.25. The van der Waals surface area contributed by atoms with E-state index in [-0.39, 0.29) is 0 Å². The number of hydrogen-bond acceptors (Lipinski definition) is 0. The predicted molar refractivity (Wildman–Crippen MR) is 111 cm³/mol. The second-order valence-corrected chi connectivity index (χ2v) is 21.3. The Morgan fingerprint density at radius 1 is 0.846 bits per heavy atom. The first-order valence-corrected chi connectivity index (χ1v) is 16.9. The molecule has 2 aliphatic carbocycles. The van der Waals surface area contributed by atoms with Crippen molar-refractivity contribution < 1.29 is 17.1 Å². The zero-order valence-electron chi connectivity index (χ0n) is 15.4. The van der Waals surface area contributed by atoms with E-state index in [1.54, 1.807) is 15.0 Å². The maximum atomic E-state index is 2.59. The first kappa shape index (κ1) is 16.5. The van der Waals surface area contributed by atoms with Crippen molar-refractivity contribution in [1.29, 1.82) is 0 Å². The topological polar surface area (TPSA) is 0 Å². The van der Waals surface area contributed by atoms with E-state index in [2.05, 4.69) is 92.0 Å². The number of allylic oxidation sites excluding steroid dienone is 1. The molecule has 0 fully saturated rings. The van der Waals surface area contributed by atoms with Crippen LogP contribution < -0.4 is 3.87 Å². The van der Waals surface area contributed by atoms with E-state index in [1.807, 2.05) is 0 Å². The molecule has 0 aliphatic heterocycles. The Balaban J connectivity index is 1.64. The summed E-state index contributed by atoms with van der Waals surface area (Å²) >= 11 is -1.43. The van der Waals surface area contributed by atoms with Crippen molar-refractivity contribution in [1.82, 2.24) is 0 Å². The molecule has 1 unspecified atom stereocenters. The van der Waals surface area contributed by atoms with Crippen LogP contribution in [0, 0.1) is 0 Å². The molecule has 0 saturated carbocycles. The quantitative estimate of drug-likeness (QED) is 0.421. The maximum absolute atomic E-state index is 2.59.